The monoisotopic (exact) mass is 202 g/mol. The first-order valence-electron chi connectivity index (χ1n) is 3.65. The molecule has 0 heterocycles. The van der Waals surface area contributed by atoms with E-state index in [-0.39, 0.29) is 17.1 Å². The normalized spacial score (nSPS) is 12.5. The summed E-state index contributed by atoms with van der Waals surface area (Å²) in [4.78, 5) is 10.8. The van der Waals surface area contributed by atoms with E-state index in [1.807, 2.05) is 0 Å². The second-order valence-corrected chi connectivity index (χ2v) is 3.12. The van der Waals surface area contributed by atoms with Crippen LogP contribution in [0.3, 0.4) is 0 Å². The number of halogens is 2. The molecule has 70 valence electrons. The molecular formula is C9H8ClFO2. The lowest BCUT2D eigenvalue weighted by Crippen LogP contribution is -2.03. The highest BCUT2D eigenvalue weighted by Crippen LogP contribution is 2.27. The van der Waals surface area contributed by atoms with Crippen molar-refractivity contribution in [2.24, 2.45) is 0 Å². The third-order valence-electron chi connectivity index (χ3n) is 1.61. The number of benzene rings is 1. The Morgan fingerprint density at radius 1 is 1.62 bits per heavy atom. The van der Waals surface area contributed by atoms with Gasteiger partial charge >= 0.3 is 0 Å². The molecule has 0 bridgehead atoms. The Hall–Kier alpha value is -1.09. The summed E-state index contributed by atoms with van der Waals surface area (Å²) >= 11 is 5.62. The summed E-state index contributed by atoms with van der Waals surface area (Å²) in [5, 5.41) is 8.00. The number of phenols is 1. The van der Waals surface area contributed by atoms with Gasteiger partial charge in [0.1, 0.15) is 16.9 Å². The van der Waals surface area contributed by atoms with Crippen molar-refractivity contribution in [3.63, 3.8) is 0 Å². The van der Waals surface area contributed by atoms with Crippen molar-refractivity contribution in [1.29, 1.82) is 0 Å². The van der Waals surface area contributed by atoms with E-state index in [1.54, 1.807) is 0 Å². The smallest absolute Gasteiger partial charge is 0.152 e. The van der Waals surface area contributed by atoms with E-state index in [1.165, 1.54) is 13.0 Å². The summed E-state index contributed by atoms with van der Waals surface area (Å²) in [6.07, 6.45) is 0. The van der Waals surface area contributed by atoms with Crippen LogP contribution in [-0.4, -0.2) is 10.9 Å². The molecule has 0 fully saturated rings. The Bertz CT molecular complexity index is 338. The number of hydrogen-bond donors (Lipinski definition) is 1. The largest absolute Gasteiger partial charge is 0.508 e. The summed E-state index contributed by atoms with van der Waals surface area (Å²) in [6, 6.07) is 3.42. The Labute approximate surface area is 80.0 Å². The highest BCUT2D eigenvalue weighted by Gasteiger charge is 2.17. The van der Waals surface area contributed by atoms with Gasteiger partial charge in [0.25, 0.3) is 0 Å². The molecule has 0 aliphatic rings. The van der Waals surface area contributed by atoms with Gasteiger partial charge in [-0.25, -0.2) is 4.39 Å². The highest BCUT2D eigenvalue weighted by atomic mass is 35.5. The fourth-order valence-electron chi connectivity index (χ4n) is 0.944. The summed E-state index contributed by atoms with van der Waals surface area (Å²) in [6.45, 7) is 1.27. The fourth-order valence-corrected chi connectivity index (χ4v) is 1.11. The van der Waals surface area contributed by atoms with Crippen LogP contribution < -0.4 is 0 Å². The number of carbonyl (C=O) groups excluding carboxylic acids is 1. The van der Waals surface area contributed by atoms with Crippen LogP contribution in [0.5, 0.6) is 5.75 Å². The van der Waals surface area contributed by atoms with Crippen molar-refractivity contribution in [2.45, 2.75) is 12.3 Å². The number of hydrogen-bond acceptors (Lipinski definition) is 2. The zero-order valence-corrected chi connectivity index (χ0v) is 7.68. The minimum atomic E-state index is -1.04. The average molecular weight is 203 g/mol. The minimum Gasteiger partial charge on any atom is -0.508 e. The second kappa shape index (κ2) is 3.75. The molecule has 0 aliphatic carbocycles. The second-order valence-electron chi connectivity index (χ2n) is 2.68. The maximum atomic E-state index is 13.0. The van der Waals surface area contributed by atoms with Gasteiger partial charge in [0.15, 0.2) is 5.78 Å². The molecule has 0 radical (unpaired) electrons. The van der Waals surface area contributed by atoms with Crippen LogP contribution in [0.25, 0.3) is 0 Å². The third kappa shape index (κ3) is 2.18. The van der Waals surface area contributed by atoms with Crippen LogP contribution in [0.15, 0.2) is 18.2 Å². The van der Waals surface area contributed by atoms with E-state index < -0.39 is 11.2 Å². The summed E-state index contributed by atoms with van der Waals surface area (Å²) in [7, 11) is 0. The molecule has 1 aromatic carbocycles. The molecule has 1 rings (SSSR count). The SMILES string of the molecule is CC(=O)C(Cl)c1cc(O)ccc1F. The van der Waals surface area contributed by atoms with Crippen LogP contribution in [0.2, 0.25) is 0 Å². The first kappa shape index (κ1) is 9.99. The maximum Gasteiger partial charge on any atom is 0.152 e. The summed E-state index contributed by atoms with van der Waals surface area (Å²) < 4.78 is 13.0. The number of aromatic hydroxyl groups is 1. The standard InChI is InChI=1S/C9H8ClFO2/c1-5(12)9(10)7-4-6(13)2-3-8(7)11/h2-4,9,13H,1H3. The van der Waals surface area contributed by atoms with Gasteiger partial charge in [-0.3, -0.25) is 4.79 Å². The third-order valence-corrected chi connectivity index (χ3v) is 2.15. The molecule has 0 spiro atoms. The van der Waals surface area contributed by atoms with Crippen molar-refractivity contribution in [3.8, 4) is 5.75 Å². The molecule has 13 heavy (non-hydrogen) atoms. The van der Waals surface area contributed by atoms with Crippen LogP contribution >= 0.6 is 11.6 Å². The predicted molar refractivity (Wildman–Crippen MR) is 47.3 cm³/mol. The number of Topliss-reactive ketones (excluding diaryl/α,β-unsaturated/α-hetero) is 1. The van der Waals surface area contributed by atoms with Crippen molar-refractivity contribution >= 4 is 17.4 Å². The Morgan fingerprint density at radius 3 is 2.77 bits per heavy atom. The summed E-state index contributed by atoms with van der Waals surface area (Å²) in [5.74, 6) is -1.05. The van der Waals surface area contributed by atoms with Crippen LogP contribution in [-0.2, 0) is 4.79 Å². The molecule has 0 saturated heterocycles. The average Bonchev–Trinajstić information content (AvgIpc) is 2.08. The molecule has 0 saturated carbocycles. The number of phenolic OH excluding ortho intramolecular Hbond substituents is 1. The molecule has 0 aromatic heterocycles. The molecule has 1 atom stereocenters. The Kier molecular flexibility index (Phi) is 2.88. The van der Waals surface area contributed by atoms with Gasteiger partial charge in [-0.15, -0.1) is 11.6 Å². The number of rotatable bonds is 2. The van der Waals surface area contributed by atoms with Crippen LogP contribution in [0.1, 0.15) is 17.9 Å². The van der Waals surface area contributed by atoms with Crippen LogP contribution in [0.4, 0.5) is 4.39 Å². The minimum absolute atomic E-state index is 0.00849. The van der Waals surface area contributed by atoms with Crippen molar-refractivity contribution < 1.29 is 14.3 Å². The van der Waals surface area contributed by atoms with Crippen molar-refractivity contribution in [3.05, 3.63) is 29.6 Å². The molecule has 0 aliphatic heterocycles. The van der Waals surface area contributed by atoms with E-state index in [4.69, 9.17) is 16.7 Å². The summed E-state index contributed by atoms with van der Waals surface area (Å²) in [5.41, 5.74) is 0.00849. The van der Waals surface area contributed by atoms with E-state index in [9.17, 15) is 9.18 Å². The van der Waals surface area contributed by atoms with Crippen molar-refractivity contribution in [2.75, 3.05) is 0 Å². The molecule has 0 amide bonds. The van der Waals surface area contributed by atoms with Crippen LogP contribution in [0, 0.1) is 5.82 Å². The zero-order valence-electron chi connectivity index (χ0n) is 6.92. The van der Waals surface area contributed by atoms with E-state index in [0.29, 0.717) is 0 Å². The lowest BCUT2D eigenvalue weighted by atomic mass is 10.1. The van der Waals surface area contributed by atoms with Gasteiger partial charge in [0, 0.05) is 5.56 Å². The molecular weight excluding hydrogens is 195 g/mol. The topological polar surface area (TPSA) is 37.3 Å². The highest BCUT2D eigenvalue weighted by molar-refractivity contribution is 6.30. The van der Waals surface area contributed by atoms with E-state index >= 15 is 0 Å². The van der Waals surface area contributed by atoms with Gasteiger partial charge in [-0.1, -0.05) is 0 Å². The van der Waals surface area contributed by atoms with Gasteiger partial charge in [0.2, 0.25) is 0 Å². The molecule has 2 nitrogen and oxygen atoms in total. The van der Waals surface area contributed by atoms with E-state index in [0.717, 1.165) is 12.1 Å². The molecule has 1 unspecified atom stereocenters. The maximum absolute atomic E-state index is 13.0. The molecule has 4 heteroatoms. The molecule has 1 aromatic rings. The molecule has 1 N–H and O–H groups in total. The zero-order chi connectivity index (χ0) is 10.0. The predicted octanol–water partition coefficient (Wildman–Crippen LogP) is 2.40. The first-order valence-corrected chi connectivity index (χ1v) is 4.09. The van der Waals surface area contributed by atoms with E-state index in [2.05, 4.69) is 0 Å². The number of carbonyl (C=O) groups is 1. The fraction of sp³-hybridized carbons (Fsp3) is 0.222. The van der Waals surface area contributed by atoms with Gasteiger partial charge in [-0.2, -0.15) is 0 Å². The Balaban J connectivity index is 3.12. The van der Waals surface area contributed by atoms with Crippen molar-refractivity contribution in [1.82, 2.24) is 0 Å². The first-order chi connectivity index (χ1) is 6.02. The van der Waals surface area contributed by atoms with Gasteiger partial charge in [0.05, 0.1) is 0 Å². The lowest BCUT2D eigenvalue weighted by Gasteiger charge is -2.07. The number of alkyl halides is 1. The lowest BCUT2D eigenvalue weighted by molar-refractivity contribution is -0.116. The number of ketones is 1. The van der Waals surface area contributed by atoms with Gasteiger partial charge < -0.3 is 5.11 Å². The Morgan fingerprint density at radius 2 is 2.23 bits per heavy atom. The van der Waals surface area contributed by atoms with Gasteiger partial charge in [-0.05, 0) is 25.1 Å². The quantitative estimate of drug-likeness (QED) is 0.748.